The molecule has 31 heavy (non-hydrogen) atoms. The molecule has 13 heteroatoms. The second-order valence-corrected chi connectivity index (χ2v) is 6.81. The Morgan fingerprint density at radius 1 is 1.16 bits per heavy atom. The minimum atomic E-state index is -1.34. The number of phenolic OH excluding ortho intramolecular Hbond substituents is 1. The second-order valence-electron chi connectivity index (χ2n) is 6.81. The topological polar surface area (TPSA) is 198 Å². The lowest BCUT2D eigenvalue weighted by molar-refractivity contribution is -0.0335. The summed E-state index contributed by atoms with van der Waals surface area (Å²) in [4.78, 5) is 36.1. The molecule has 162 valence electrons. The predicted molar refractivity (Wildman–Crippen MR) is 105 cm³/mol. The summed E-state index contributed by atoms with van der Waals surface area (Å²) >= 11 is 0. The standard InChI is InChI=1S/C18H19N7O6/c19-14-11-15(22-6-21-14)25(7-23-11)17-13(28)12(27)10(31-17)5-20-18(30)24-16(29)8-3-1-2-4-9(8)26/h1-4,6-7,10,12-13,17,26-28H,5H2,(H2,19,21,22)(H2,20,24,29,30)/t10-,12-,13-,17-/m1/s1. The fourth-order valence-corrected chi connectivity index (χ4v) is 3.26. The first-order valence-corrected chi connectivity index (χ1v) is 9.18. The van der Waals surface area contributed by atoms with Crippen LogP contribution in [0.25, 0.3) is 11.2 Å². The van der Waals surface area contributed by atoms with Crippen molar-refractivity contribution in [2.45, 2.75) is 24.5 Å². The summed E-state index contributed by atoms with van der Waals surface area (Å²) < 4.78 is 7.10. The third-order valence-corrected chi connectivity index (χ3v) is 4.84. The normalized spacial score (nSPS) is 23.0. The van der Waals surface area contributed by atoms with Gasteiger partial charge in [-0.05, 0) is 12.1 Å². The highest BCUT2D eigenvalue weighted by atomic mass is 16.6. The fraction of sp³-hybridized carbons (Fsp3) is 0.278. The summed E-state index contributed by atoms with van der Waals surface area (Å²) in [6, 6.07) is 4.88. The number of imide groups is 1. The Morgan fingerprint density at radius 2 is 1.94 bits per heavy atom. The number of para-hydroxylation sites is 1. The van der Waals surface area contributed by atoms with Gasteiger partial charge in [0.15, 0.2) is 17.7 Å². The lowest BCUT2D eigenvalue weighted by Gasteiger charge is -2.16. The van der Waals surface area contributed by atoms with Crippen molar-refractivity contribution in [3.05, 3.63) is 42.5 Å². The van der Waals surface area contributed by atoms with E-state index in [-0.39, 0.29) is 23.7 Å². The van der Waals surface area contributed by atoms with E-state index in [1.807, 2.05) is 0 Å². The molecule has 4 atom stereocenters. The van der Waals surface area contributed by atoms with Gasteiger partial charge in [0.1, 0.15) is 35.9 Å². The first kappa shape index (κ1) is 20.5. The van der Waals surface area contributed by atoms with E-state index in [0.717, 1.165) is 0 Å². The van der Waals surface area contributed by atoms with E-state index in [4.69, 9.17) is 10.5 Å². The number of aliphatic hydroxyl groups excluding tert-OH is 2. The molecule has 1 saturated heterocycles. The Hall–Kier alpha value is -3.81. The van der Waals surface area contributed by atoms with Gasteiger partial charge in [0.2, 0.25) is 0 Å². The molecule has 1 fully saturated rings. The number of hydrogen-bond donors (Lipinski definition) is 6. The molecule has 3 aromatic rings. The number of hydrogen-bond acceptors (Lipinski definition) is 10. The minimum Gasteiger partial charge on any atom is -0.507 e. The Bertz CT molecular complexity index is 1140. The maximum atomic E-state index is 12.1. The Kier molecular flexibility index (Phi) is 5.37. The first-order valence-electron chi connectivity index (χ1n) is 9.18. The highest BCUT2D eigenvalue weighted by Crippen LogP contribution is 2.31. The van der Waals surface area contributed by atoms with Gasteiger partial charge in [-0.3, -0.25) is 14.7 Å². The number of rotatable bonds is 4. The highest BCUT2D eigenvalue weighted by molar-refractivity contribution is 6.05. The Morgan fingerprint density at radius 3 is 2.71 bits per heavy atom. The number of anilines is 1. The van der Waals surface area contributed by atoms with Crippen molar-refractivity contribution >= 4 is 28.9 Å². The second kappa shape index (κ2) is 8.14. The van der Waals surface area contributed by atoms with E-state index >= 15 is 0 Å². The summed E-state index contributed by atoms with van der Waals surface area (Å²) in [5.74, 6) is -0.922. The molecule has 7 N–H and O–H groups in total. The lowest BCUT2D eigenvalue weighted by Crippen LogP contribution is -2.45. The maximum Gasteiger partial charge on any atom is 0.321 e. The Balaban J connectivity index is 1.39. The van der Waals surface area contributed by atoms with Crippen LogP contribution in [0.3, 0.4) is 0 Å². The Labute approximate surface area is 174 Å². The zero-order chi connectivity index (χ0) is 22.1. The number of nitrogens with zero attached hydrogens (tertiary/aromatic N) is 4. The monoisotopic (exact) mass is 429 g/mol. The number of carbonyl (C=O) groups is 2. The molecule has 13 nitrogen and oxygen atoms in total. The van der Waals surface area contributed by atoms with Crippen molar-refractivity contribution in [1.82, 2.24) is 30.2 Å². The summed E-state index contributed by atoms with van der Waals surface area (Å²) in [5, 5.41) is 34.9. The van der Waals surface area contributed by atoms with E-state index in [1.54, 1.807) is 0 Å². The maximum absolute atomic E-state index is 12.1. The largest absolute Gasteiger partial charge is 0.507 e. The van der Waals surface area contributed by atoms with E-state index in [1.165, 1.54) is 41.5 Å². The van der Waals surface area contributed by atoms with Crippen LogP contribution in [0.5, 0.6) is 5.75 Å². The summed E-state index contributed by atoms with van der Waals surface area (Å²) in [6.07, 6.45) is -2.11. The van der Waals surface area contributed by atoms with E-state index < -0.39 is 36.5 Å². The van der Waals surface area contributed by atoms with E-state index in [9.17, 15) is 24.9 Å². The summed E-state index contributed by atoms with van der Waals surface area (Å²) in [7, 11) is 0. The summed E-state index contributed by atoms with van der Waals surface area (Å²) in [6.45, 7) is -0.210. The smallest absolute Gasteiger partial charge is 0.321 e. The highest BCUT2D eigenvalue weighted by Gasteiger charge is 2.44. The molecule has 2 aromatic heterocycles. The van der Waals surface area contributed by atoms with Gasteiger partial charge in [0, 0.05) is 6.54 Å². The molecule has 0 radical (unpaired) electrons. The van der Waals surface area contributed by atoms with Gasteiger partial charge in [0.05, 0.1) is 11.9 Å². The predicted octanol–water partition coefficient (Wildman–Crippen LogP) is -1.13. The van der Waals surface area contributed by atoms with Crippen molar-refractivity contribution in [2.75, 3.05) is 12.3 Å². The van der Waals surface area contributed by atoms with Crippen LogP contribution >= 0.6 is 0 Å². The molecule has 0 saturated carbocycles. The van der Waals surface area contributed by atoms with Crippen molar-refractivity contribution in [3.8, 4) is 5.75 Å². The molecule has 0 spiro atoms. The van der Waals surface area contributed by atoms with Crippen molar-refractivity contribution in [3.63, 3.8) is 0 Å². The van der Waals surface area contributed by atoms with Gasteiger partial charge in [-0.15, -0.1) is 0 Å². The van der Waals surface area contributed by atoms with Crippen LogP contribution < -0.4 is 16.4 Å². The molecule has 0 aliphatic carbocycles. The molecule has 1 aliphatic heterocycles. The number of aliphatic hydroxyl groups is 2. The van der Waals surface area contributed by atoms with Crippen molar-refractivity contribution < 1.29 is 29.6 Å². The van der Waals surface area contributed by atoms with E-state index in [0.29, 0.717) is 11.2 Å². The molecule has 0 unspecified atom stereocenters. The third-order valence-electron chi connectivity index (χ3n) is 4.84. The molecule has 3 heterocycles. The number of urea groups is 1. The van der Waals surface area contributed by atoms with Crippen LogP contribution in [0.1, 0.15) is 16.6 Å². The molecule has 1 aromatic carbocycles. The number of nitrogen functional groups attached to an aromatic ring is 1. The molecule has 3 amide bonds. The fourth-order valence-electron chi connectivity index (χ4n) is 3.26. The molecule has 0 bridgehead atoms. The third kappa shape index (κ3) is 3.84. The molecule has 4 rings (SSSR count). The molecule has 1 aliphatic rings. The van der Waals surface area contributed by atoms with Crippen LogP contribution in [-0.2, 0) is 4.74 Å². The van der Waals surface area contributed by atoms with Crippen LogP contribution in [0.15, 0.2) is 36.9 Å². The number of aromatic nitrogens is 4. The van der Waals surface area contributed by atoms with Crippen LogP contribution in [0, 0.1) is 0 Å². The number of aromatic hydroxyl groups is 1. The number of ether oxygens (including phenoxy) is 1. The number of amides is 3. The lowest BCUT2D eigenvalue weighted by atomic mass is 10.1. The van der Waals surface area contributed by atoms with Gasteiger partial charge < -0.3 is 31.1 Å². The first-order chi connectivity index (χ1) is 14.9. The summed E-state index contributed by atoms with van der Waals surface area (Å²) in [5.41, 5.74) is 6.31. The number of phenols is 1. The minimum absolute atomic E-state index is 0.0708. The number of benzene rings is 1. The number of carbonyl (C=O) groups excluding carboxylic acids is 2. The van der Waals surface area contributed by atoms with Gasteiger partial charge in [0.25, 0.3) is 5.91 Å². The average Bonchev–Trinajstić information content (AvgIpc) is 3.29. The van der Waals surface area contributed by atoms with Gasteiger partial charge in [-0.1, -0.05) is 12.1 Å². The van der Waals surface area contributed by atoms with E-state index in [2.05, 4.69) is 25.6 Å². The SMILES string of the molecule is Nc1ncnc2c1ncn2[C@@H]1O[C@H](CNC(=O)NC(=O)c2ccccc2O)[C@@H](O)[C@H]1O. The molecular formula is C18H19N7O6. The van der Waals surface area contributed by atoms with Crippen LogP contribution in [-0.4, -0.2) is 71.6 Å². The quantitative estimate of drug-likeness (QED) is 0.295. The van der Waals surface area contributed by atoms with Crippen molar-refractivity contribution in [1.29, 1.82) is 0 Å². The van der Waals surface area contributed by atoms with Crippen LogP contribution in [0.4, 0.5) is 10.6 Å². The zero-order valence-corrected chi connectivity index (χ0v) is 15.9. The number of nitrogens with two attached hydrogens (primary N) is 1. The van der Waals surface area contributed by atoms with Gasteiger partial charge in [-0.2, -0.15) is 0 Å². The van der Waals surface area contributed by atoms with Crippen LogP contribution in [0.2, 0.25) is 0 Å². The van der Waals surface area contributed by atoms with Crippen molar-refractivity contribution in [2.24, 2.45) is 0 Å². The van der Waals surface area contributed by atoms with Gasteiger partial charge >= 0.3 is 6.03 Å². The average molecular weight is 429 g/mol. The number of nitrogens with one attached hydrogen (secondary N) is 2. The zero-order valence-electron chi connectivity index (χ0n) is 15.9. The van der Waals surface area contributed by atoms with Gasteiger partial charge in [-0.25, -0.2) is 19.7 Å². The number of imidazole rings is 1. The molecular weight excluding hydrogens is 410 g/mol. The number of fused-ring (bicyclic) bond motifs is 1.